The third-order valence-corrected chi connectivity index (χ3v) is 3.28. The van der Waals surface area contributed by atoms with Crippen molar-refractivity contribution in [3.8, 4) is 0 Å². The average molecular weight is 233 g/mol. The smallest absolute Gasteiger partial charge is 0.237 e. The number of rotatable bonds is 4. The molecule has 0 aliphatic carbocycles. The van der Waals surface area contributed by atoms with Crippen LogP contribution in [0.5, 0.6) is 0 Å². The number of nitrogens with one attached hydrogen (secondary N) is 1. The van der Waals surface area contributed by atoms with Crippen molar-refractivity contribution in [2.45, 2.75) is 32.1 Å². The Balaban J connectivity index is 2.16. The normalized spacial score (nSPS) is 21.3. The second-order valence-corrected chi connectivity index (χ2v) is 4.89. The lowest BCUT2D eigenvalue weighted by Crippen LogP contribution is -2.39. The maximum Gasteiger partial charge on any atom is 0.237 e. The number of likely N-dealkylation sites (tertiary alicyclic amines) is 1. The zero-order chi connectivity index (χ0) is 11.3. The molecule has 1 amide bonds. The Kier molecular flexibility index (Phi) is 5.40. The van der Waals surface area contributed by atoms with E-state index in [1.165, 1.54) is 12.8 Å². The first-order valence-corrected chi connectivity index (χ1v) is 6.21. The van der Waals surface area contributed by atoms with Crippen molar-refractivity contribution in [2.24, 2.45) is 5.92 Å². The largest absolute Gasteiger partial charge is 0.355 e. The number of alkyl halides is 1. The molecule has 1 aliphatic rings. The van der Waals surface area contributed by atoms with Crippen molar-refractivity contribution in [3.63, 3.8) is 0 Å². The fourth-order valence-electron chi connectivity index (χ4n) is 1.89. The van der Waals surface area contributed by atoms with Crippen LogP contribution >= 0.6 is 11.6 Å². The van der Waals surface area contributed by atoms with Crippen molar-refractivity contribution in [3.05, 3.63) is 0 Å². The summed E-state index contributed by atoms with van der Waals surface area (Å²) >= 11 is 5.67. The van der Waals surface area contributed by atoms with Crippen molar-refractivity contribution < 1.29 is 4.79 Å². The van der Waals surface area contributed by atoms with Crippen LogP contribution in [0.4, 0.5) is 0 Å². The molecule has 0 aromatic heterocycles. The van der Waals surface area contributed by atoms with Crippen LogP contribution in [0.25, 0.3) is 0 Å². The Morgan fingerprint density at radius 1 is 1.53 bits per heavy atom. The van der Waals surface area contributed by atoms with E-state index in [2.05, 4.69) is 17.1 Å². The Morgan fingerprint density at radius 2 is 2.13 bits per heavy atom. The zero-order valence-corrected chi connectivity index (χ0v) is 10.4. The number of piperidine rings is 1. The molecule has 1 atom stereocenters. The Bertz CT molecular complexity index is 201. The molecule has 88 valence electrons. The number of carbonyl (C=O) groups excluding carboxylic acids is 1. The van der Waals surface area contributed by atoms with Gasteiger partial charge < -0.3 is 10.2 Å². The molecule has 0 bridgehead atoms. The second-order valence-electron chi connectivity index (χ2n) is 4.24. The van der Waals surface area contributed by atoms with Crippen LogP contribution < -0.4 is 5.32 Å². The van der Waals surface area contributed by atoms with Gasteiger partial charge in [0.25, 0.3) is 0 Å². The Morgan fingerprint density at radius 3 is 2.60 bits per heavy atom. The van der Waals surface area contributed by atoms with E-state index in [0.717, 1.165) is 26.2 Å². The number of amides is 1. The summed E-state index contributed by atoms with van der Waals surface area (Å²) in [6.07, 6.45) is 2.37. The van der Waals surface area contributed by atoms with Crippen molar-refractivity contribution in [1.29, 1.82) is 0 Å². The first-order chi connectivity index (χ1) is 7.13. The summed E-state index contributed by atoms with van der Waals surface area (Å²) in [7, 11) is 0. The lowest BCUT2D eigenvalue weighted by Gasteiger charge is -2.31. The van der Waals surface area contributed by atoms with Gasteiger partial charge in [0, 0.05) is 6.54 Å². The van der Waals surface area contributed by atoms with Gasteiger partial charge in [-0.2, -0.15) is 0 Å². The van der Waals surface area contributed by atoms with Gasteiger partial charge in [-0.05, 0) is 45.3 Å². The van der Waals surface area contributed by atoms with Gasteiger partial charge in [-0.25, -0.2) is 0 Å². The molecule has 0 aromatic carbocycles. The van der Waals surface area contributed by atoms with Gasteiger partial charge in [0.05, 0.1) is 0 Å². The van der Waals surface area contributed by atoms with E-state index in [4.69, 9.17) is 11.6 Å². The fourth-order valence-corrected chi connectivity index (χ4v) is 1.97. The van der Waals surface area contributed by atoms with E-state index in [0.29, 0.717) is 5.92 Å². The standard InChI is InChI=1S/C11H21ClN2O/c1-3-14-6-4-10(5-7-14)8-13-11(15)9(2)12/h9-10H,3-8H2,1-2H3,(H,13,15). The average Bonchev–Trinajstić information content (AvgIpc) is 2.26. The monoisotopic (exact) mass is 232 g/mol. The highest BCUT2D eigenvalue weighted by Crippen LogP contribution is 2.15. The lowest BCUT2D eigenvalue weighted by molar-refractivity contribution is -0.120. The Labute approximate surface area is 97.2 Å². The maximum atomic E-state index is 11.3. The number of carbonyl (C=O) groups is 1. The summed E-state index contributed by atoms with van der Waals surface area (Å²) in [6.45, 7) is 8.14. The highest BCUT2D eigenvalue weighted by atomic mass is 35.5. The SMILES string of the molecule is CCN1CCC(CNC(=O)C(C)Cl)CC1. The zero-order valence-electron chi connectivity index (χ0n) is 9.63. The summed E-state index contributed by atoms with van der Waals surface area (Å²) in [5.41, 5.74) is 0. The molecule has 4 heteroatoms. The minimum Gasteiger partial charge on any atom is -0.355 e. The van der Waals surface area contributed by atoms with Gasteiger partial charge in [0.15, 0.2) is 0 Å². The van der Waals surface area contributed by atoms with Crippen LogP contribution in [-0.2, 0) is 4.79 Å². The van der Waals surface area contributed by atoms with Crippen molar-refractivity contribution in [1.82, 2.24) is 10.2 Å². The topological polar surface area (TPSA) is 32.3 Å². The maximum absolute atomic E-state index is 11.3. The summed E-state index contributed by atoms with van der Waals surface area (Å²) in [4.78, 5) is 13.7. The molecule has 1 unspecified atom stereocenters. The van der Waals surface area contributed by atoms with Gasteiger partial charge in [0.2, 0.25) is 5.91 Å². The molecular formula is C11H21ClN2O. The molecule has 0 radical (unpaired) electrons. The predicted octanol–water partition coefficient (Wildman–Crippen LogP) is 1.46. The van der Waals surface area contributed by atoms with Gasteiger partial charge in [-0.3, -0.25) is 4.79 Å². The second kappa shape index (κ2) is 6.33. The molecule has 0 aromatic rings. The van der Waals surface area contributed by atoms with Crippen LogP contribution in [0.1, 0.15) is 26.7 Å². The number of nitrogens with zero attached hydrogens (tertiary/aromatic N) is 1. The van der Waals surface area contributed by atoms with Crippen molar-refractivity contribution >= 4 is 17.5 Å². The van der Waals surface area contributed by atoms with Crippen LogP contribution in [-0.4, -0.2) is 42.4 Å². The van der Waals surface area contributed by atoms with Gasteiger partial charge in [0.1, 0.15) is 5.38 Å². The number of halogens is 1. The summed E-state index contributed by atoms with van der Waals surface area (Å²) in [5, 5.41) is 2.48. The molecule has 15 heavy (non-hydrogen) atoms. The molecule has 1 heterocycles. The van der Waals surface area contributed by atoms with E-state index in [1.54, 1.807) is 6.92 Å². The van der Waals surface area contributed by atoms with E-state index < -0.39 is 5.38 Å². The van der Waals surface area contributed by atoms with Gasteiger partial charge in [-0.1, -0.05) is 6.92 Å². The molecule has 1 saturated heterocycles. The molecule has 3 nitrogen and oxygen atoms in total. The summed E-state index contributed by atoms with van der Waals surface area (Å²) in [6, 6.07) is 0. The van der Waals surface area contributed by atoms with Gasteiger partial charge >= 0.3 is 0 Å². The van der Waals surface area contributed by atoms with E-state index >= 15 is 0 Å². The summed E-state index contributed by atoms with van der Waals surface area (Å²) in [5.74, 6) is 0.585. The molecule has 1 fully saturated rings. The molecule has 1 aliphatic heterocycles. The van der Waals surface area contributed by atoms with Crippen LogP contribution in [0.3, 0.4) is 0 Å². The number of hydrogen-bond acceptors (Lipinski definition) is 2. The van der Waals surface area contributed by atoms with E-state index in [1.807, 2.05) is 0 Å². The van der Waals surface area contributed by atoms with Crippen molar-refractivity contribution in [2.75, 3.05) is 26.2 Å². The minimum atomic E-state index is -0.416. The van der Waals surface area contributed by atoms with Gasteiger partial charge in [-0.15, -0.1) is 11.6 Å². The molecule has 1 N–H and O–H groups in total. The fraction of sp³-hybridized carbons (Fsp3) is 0.909. The molecule has 1 rings (SSSR count). The number of hydrogen-bond donors (Lipinski definition) is 1. The van der Waals surface area contributed by atoms with Crippen LogP contribution in [0.2, 0.25) is 0 Å². The third kappa shape index (κ3) is 4.39. The molecule has 0 spiro atoms. The molecular weight excluding hydrogens is 212 g/mol. The first-order valence-electron chi connectivity index (χ1n) is 5.77. The predicted molar refractivity (Wildman–Crippen MR) is 63.2 cm³/mol. The Hall–Kier alpha value is -0.280. The van der Waals surface area contributed by atoms with E-state index in [9.17, 15) is 4.79 Å². The lowest BCUT2D eigenvalue weighted by atomic mass is 9.97. The highest BCUT2D eigenvalue weighted by Gasteiger charge is 2.19. The minimum absolute atomic E-state index is 0.0467. The highest BCUT2D eigenvalue weighted by molar-refractivity contribution is 6.30. The van der Waals surface area contributed by atoms with Crippen LogP contribution in [0.15, 0.2) is 0 Å². The third-order valence-electron chi connectivity index (χ3n) is 3.08. The quantitative estimate of drug-likeness (QED) is 0.745. The van der Waals surface area contributed by atoms with E-state index in [-0.39, 0.29) is 5.91 Å². The molecule has 0 saturated carbocycles. The van der Waals surface area contributed by atoms with Crippen LogP contribution in [0, 0.1) is 5.92 Å². The first kappa shape index (κ1) is 12.8. The summed E-state index contributed by atoms with van der Waals surface area (Å²) < 4.78 is 0.